The van der Waals surface area contributed by atoms with Crippen LogP contribution in [0.4, 0.5) is 9.59 Å². The fraction of sp³-hybridized carbons (Fsp3) is 0.488. The molecule has 298 valence electrons. The van der Waals surface area contributed by atoms with Crippen molar-refractivity contribution in [1.82, 2.24) is 41.0 Å². The topological polar surface area (TPSA) is 164 Å². The van der Waals surface area contributed by atoms with Crippen molar-refractivity contribution in [3.8, 4) is 22.4 Å². The maximum Gasteiger partial charge on any atom is 0.315 e. The highest BCUT2D eigenvalue weighted by atomic mass is 16.2. The maximum atomic E-state index is 13.7. The van der Waals surface area contributed by atoms with Crippen molar-refractivity contribution in [2.24, 2.45) is 16.8 Å². The van der Waals surface area contributed by atoms with Crippen LogP contribution in [-0.4, -0.2) is 93.7 Å². The SMILES string of the molecule is CCNC(=O)N[C@H](C(=O)N1CCCC1c1ncc(-c2ccc(-c3ccc(C4=CN=C([C@@H]5CCCN5C(=O)[C@@H](NC(=O)NCC)C(C)C)C4)cc3)cc2)[nH]1)C(C)C. The molecule has 6 amide bonds. The van der Waals surface area contributed by atoms with Crippen molar-refractivity contribution in [2.45, 2.75) is 97.8 Å². The van der Waals surface area contributed by atoms with Crippen LogP contribution in [0.25, 0.3) is 28.0 Å². The van der Waals surface area contributed by atoms with Crippen LogP contribution in [0, 0.1) is 11.8 Å². The van der Waals surface area contributed by atoms with Crippen molar-refractivity contribution in [2.75, 3.05) is 26.2 Å². The number of benzene rings is 2. The number of aliphatic imine (C=N–C) groups is 1. The number of carbonyl (C=O) groups is 4. The first-order valence-corrected chi connectivity index (χ1v) is 20.2. The van der Waals surface area contributed by atoms with E-state index in [4.69, 9.17) is 9.98 Å². The molecule has 3 aromatic rings. The first-order valence-electron chi connectivity index (χ1n) is 20.2. The third kappa shape index (κ3) is 8.98. The molecule has 4 heterocycles. The molecule has 2 fully saturated rings. The number of likely N-dealkylation sites (tertiary alicyclic amines) is 2. The molecule has 1 aromatic heterocycles. The fourth-order valence-corrected chi connectivity index (χ4v) is 7.98. The summed E-state index contributed by atoms with van der Waals surface area (Å²) in [5.41, 5.74) is 7.28. The lowest BCUT2D eigenvalue weighted by molar-refractivity contribution is -0.135. The molecule has 3 aliphatic heterocycles. The summed E-state index contributed by atoms with van der Waals surface area (Å²) in [4.78, 5) is 68.6. The molecular formula is C43H57N9O4. The minimum atomic E-state index is -0.618. The number of nitrogens with zero attached hydrogens (tertiary/aromatic N) is 4. The summed E-state index contributed by atoms with van der Waals surface area (Å²) in [5, 5.41) is 11.2. The number of H-pyrrole nitrogens is 1. The zero-order chi connectivity index (χ0) is 39.9. The number of imidazole rings is 1. The van der Waals surface area contributed by atoms with Gasteiger partial charge in [0, 0.05) is 44.5 Å². The Morgan fingerprint density at radius 3 is 1.71 bits per heavy atom. The van der Waals surface area contributed by atoms with Gasteiger partial charge in [0.2, 0.25) is 11.8 Å². The van der Waals surface area contributed by atoms with Crippen molar-refractivity contribution < 1.29 is 19.2 Å². The second-order valence-electron chi connectivity index (χ2n) is 15.6. The van der Waals surface area contributed by atoms with E-state index < -0.39 is 12.1 Å². The molecule has 0 aliphatic carbocycles. The number of amides is 6. The Morgan fingerprint density at radius 1 is 0.714 bits per heavy atom. The molecule has 6 rings (SSSR count). The number of urea groups is 2. The van der Waals surface area contributed by atoms with Crippen LogP contribution in [0.1, 0.15) is 91.1 Å². The van der Waals surface area contributed by atoms with Crippen LogP contribution in [0.5, 0.6) is 0 Å². The van der Waals surface area contributed by atoms with Crippen molar-refractivity contribution >= 4 is 35.2 Å². The van der Waals surface area contributed by atoms with Gasteiger partial charge in [-0.3, -0.25) is 14.6 Å². The smallest absolute Gasteiger partial charge is 0.315 e. The van der Waals surface area contributed by atoms with Crippen LogP contribution in [0.3, 0.4) is 0 Å². The van der Waals surface area contributed by atoms with E-state index in [2.05, 4.69) is 74.8 Å². The first kappa shape index (κ1) is 40.2. The van der Waals surface area contributed by atoms with Crippen LogP contribution >= 0.6 is 0 Å². The minimum absolute atomic E-state index is 0.0421. The summed E-state index contributed by atoms with van der Waals surface area (Å²) in [6.07, 6.45) is 7.88. The lowest BCUT2D eigenvalue weighted by Crippen LogP contribution is -2.55. The van der Waals surface area contributed by atoms with E-state index in [0.717, 1.165) is 70.7 Å². The van der Waals surface area contributed by atoms with Gasteiger partial charge in [0.1, 0.15) is 17.9 Å². The molecule has 4 atom stereocenters. The largest absolute Gasteiger partial charge is 0.340 e. The Labute approximate surface area is 330 Å². The molecule has 13 heteroatoms. The van der Waals surface area contributed by atoms with Gasteiger partial charge in [-0.15, -0.1) is 0 Å². The predicted molar refractivity (Wildman–Crippen MR) is 220 cm³/mol. The number of aromatic amines is 1. The Balaban J connectivity index is 1.06. The molecule has 56 heavy (non-hydrogen) atoms. The number of nitrogens with one attached hydrogen (secondary N) is 5. The predicted octanol–water partition coefficient (Wildman–Crippen LogP) is 6.27. The molecule has 0 saturated carbocycles. The molecule has 1 unspecified atom stereocenters. The van der Waals surface area contributed by atoms with E-state index in [9.17, 15) is 19.2 Å². The molecule has 0 spiro atoms. The Kier molecular flexibility index (Phi) is 12.9. The standard InChI is InChI=1S/C43H57N9O4/c1-7-44-42(55)49-37(26(3)4)40(53)51-21-9-11-35(51)33-23-32(24-46-33)30-15-13-28(14-16-30)29-17-19-31(20-18-29)34-25-47-39(48-34)36-12-10-22-52(36)41(54)38(27(5)6)50-43(56)45-8-2/h13-20,24-27,35-38H,7-12,21-23H2,1-6H3,(H,47,48)(H2,44,49,55)(H2,45,50,56)/t35-,36?,37-,38-/m0/s1. The van der Waals surface area contributed by atoms with E-state index in [1.807, 2.05) is 63.7 Å². The summed E-state index contributed by atoms with van der Waals surface area (Å²) < 4.78 is 0. The van der Waals surface area contributed by atoms with Crippen LogP contribution < -0.4 is 21.3 Å². The molecule has 2 aromatic carbocycles. The number of rotatable bonds is 13. The number of allylic oxidation sites excluding steroid dienone is 1. The van der Waals surface area contributed by atoms with Crippen molar-refractivity contribution in [1.29, 1.82) is 0 Å². The monoisotopic (exact) mass is 763 g/mol. The second kappa shape index (κ2) is 18.0. The number of carbonyl (C=O) groups excluding carboxylic acids is 4. The van der Waals surface area contributed by atoms with Gasteiger partial charge in [-0.2, -0.15) is 0 Å². The van der Waals surface area contributed by atoms with Gasteiger partial charge in [-0.25, -0.2) is 14.6 Å². The zero-order valence-corrected chi connectivity index (χ0v) is 33.5. The molecule has 13 nitrogen and oxygen atoms in total. The van der Waals surface area contributed by atoms with E-state index >= 15 is 0 Å². The molecule has 5 N–H and O–H groups in total. The van der Waals surface area contributed by atoms with Crippen molar-refractivity contribution in [3.63, 3.8) is 0 Å². The summed E-state index contributed by atoms with van der Waals surface area (Å²) in [6, 6.07) is 14.7. The Hall–Kier alpha value is -5.46. The van der Waals surface area contributed by atoms with Gasteiger partial charge in [-0.1, -0.05) is 76.2 Å². The van der Waals surface area contributed by atoms with Gasteiger partial charge in [-0.05, 0) is 79.2 Å². The Bertz CT molecular complexity index is 1930. The highest BCUT2D eigenvalue weighted by molar-refractivity contribution is 6.04. The highest BCUT2D eigenvalue weighted by Crippen LogP contribution is 2.34. The van der Waals surface area contributed by atoms with Crippen molar-refractivity contribution in [3.05, 3.63) is 72.3 Å². The summed E-state index contributed by atoms with van der Waals surface area (Å²) in [6.45, 7) is 13.8. The van der Waals surface area contributed by atoms with Gasteiger partial charge >= 0.3 is 12.1 Å². The van der Waals surface area contributed by atoms with Gasteiger partial charge in [0.15, 0.2) is 0 Å². The van der Waals surface area contributed by atoms with E-state index in [1.165, 1.54) is 0 Å². The summed E-state index contributed by atoms with van der Waals surface area (Å²) in [7, 11) is 0. The Morgan fingerprint density at radius 2 is 1.20 bits per heavy atom. The van der Waals surface area contributed by atoms with E-state index in [1.54, 1.807) is 0 Å². The highest BCUT2D eigenvalue weighted by Gasteiger charge is 2.39. The molecule has 0 radical (unpaired) electrons. The van der Waals surface area contributed by atoms with Gasteiger partial charge in [0.25, 0.3) is 0 Å². The van der Waals surface area contributed by atoms with Crippen LogP contribution in [-0.2, 0) is 9.59 Å². The average Bonchev–Trinajstić information content (AvgIpc) is 4.02. The molecule has 0 bridgehead atoms. The molecule has 3 aliphatic rings. The third-order valence-corrected chi connectivity index (χ3v) is 11.0. The first-order chi connectivity index (χ1) is 27.0. The lowest BCUT2D eigenvalue weighted by atomic mass is 9.95. The quantitative estimate of drug-likeness (QED) is 0.138. The zero-order valence-electron chi connectivity index (χ0n) is 33.5. The maximum absolute atomic E-state index is 13.7. The van der Waals surface area contributed by atoms with E-state index in [-0.39, 0.29) is 47.8 Å². The molecular weight excluding hydrogens is 707 g/mol. The lowest BCUT2D eigenvalue weighted by Gasteiger charge is -2.31. The number of hydrogen-bond acceptors (Lipinski definition) is 6. The average molecular weight is 764 g/mol. The normalized spacial score (nSPS) is 19.1. The van der Waals surface area contributed by atoms with Gasteiger partial charge < -0.3 is 36.1 Å². The van der Waals surface area contributed by atoms with Gasteiger partial charge in [0.05, 0.1) is 24.0 Å². The van der Waals surface area contributed by atoms with Crippen LogP contribution in [0.2, 0.25) is 0 Å². The minimum Gasteiger partial charge on any atom is -0.340 e. The molecule has 2 saturated heterocycles. The fourth-order valence-electron chi connectivity index (χ4n) is 7.98. The van der Waals surface area contributed by atoms with E-state index in [0.29, 0.717) is 32.6 Å². The summed E-state index contributed by atoms with van der Waals surface area (Å²) >= 11 is 0. The second-order valence-corrected chi connectivity index (χ2v) is 15.6. The number of aromatic nitrogens is 2. The van der Waals surface area contributed by atoms with Crippen LogP contribution in [0.15, 0.2) is 65.9 Å². The summed E-state index contributed by atoms with van der Waals surface area (Å²) in [5.74, 6) is 0.509. The number of hydrogen-bond donors (Lipinski definition) is 5. The third-order valence-electron chi connectivity index (χ3n) is 11.0.